The Morgan fingerprint density at radius 1 is 1.00 bits per heavy atom. The van der Waals surface area contributed by atoms with Gasteiger partial charge in [-0.3, -0.25) is 0 Å². The van der Waals surface area contributed by atoms with Crippen molar-refractivity contribution >= 4 is 10.0 Å². The number of sulfonamides is 1. The number of hydrogen-bond acceptors (Lipinski definition) is 2. The highest BCUT2D eigenvalue weighted by atomic mass is 32.2. The molecule has 2 aromatic carbocycles. The van der Waals surface area contributed by atoms with Crippen molar-refractivity contribution in [3.63, 3.8) is 0 Å². The maximum Gasteiger partial charge on any atom is 0.244 e. The molecule has 0 bridgehead atoms. The van der Waals surface area contributed by atoms with E-state index in [2.05, 4.69) is 11.8 Å². The molecule has 2 aromatic rings. The molecule has 4 heteroatoms. The first kappa shape index (κ1) is 16.8. The fourth-order valence-corrected chi connectivity index (χ4v) is 4.48. The molecule has 1 aliphatic heterocycles. The number of aryl methyl sites for hydroxylation is 1. The van der Waals surface area contributed by atoms with E-state index >= 15 is 0 Å². The molecular weight excluding hydrogens is 318 g/mol. The summed E-state index contributed by atoms with van der Waals surface area (Å²) in [7, 11) is -3.50. The van der Waals surface area contributed by atoms with Crippen LogP contribution in [0.15, 0.2) is 59.5 Å². The number of benzene rings is 2. The Kier molecular flexibility index (Phi) is 5.03. The second-order valence-electron chi connectivity index (χ2n) is 6.08. The van der Waals surface area contributed by atoms with Crippen molar-refractivity contribution in [2.24, 2.45) is 0 Å². The van der Waals surface area contributed by atoms with E-state index in [0.29, 0.717) is 11.4 Å². The van der Waals surface area contributed by atoms with E-state index in [4.69, 9.17) is 0 Å². The fourth-order valence-electron chi connectivity index (χ4n) is 2.87. The lowest BCUT2D eigenvalue weighted by Crippen LogP contribution is -2.42. The first-order valence-corrected chi connectivity index (χ1v) is 9.66. The third kappa shape index (κ3) is 3.69. The van der Waals surface area contributed by atoms with E-state index in [-0.39, 0.29) is 6.04 Å². The van der Waals surface area contributed by atoms with Gasteiger partial charge in [-0.2, -0.15) is 4.31 Å². The highest BCUT2D eigenvalue weighted by molar-refractivity contribution is 7.89. The molecule has 1 unspecified atom stereocenters. The molecule has 0 amide bonds. The van der Waals surface area contributed by atoms with Crippen LogP contribution in [-0.2, 0) is 10.0 Å². The summed E-state index contributed by atoms with van der Waals surface area (Å²) < 4.78 is 27.5. The van der Waals surface area contributed by atoms with Gasteiger partial charge in [0.2, 0.25) is 10.0 Å². The summed E-state index contributed by atoms with van der Waals surface area (Å²) in [6, 6.07) is 16.5. The number of hydrogen-bond donors (Lipinski definition) is 0. The minimum atomic E-state index is -3.50. The topological polar surface area (TPSA) is 37.4 Å². The average Bonchev–Trinajstić information content (AvgIpc) is 2.61. The van der Waals surface area contributed by atoms with Crippen molar-refractivity contribution in [1.29, 1.82) is 0 Å². The van der Waals surface area contributed by atoms with Crippen LogP contribution in [0, 0.1) is 18.8 Å². The Hall–Kier alpha value is -2.09. The highest BCUT2D eigenvalue weighted by Gasteiger charge is 2.32. The molecule has 24 heavy (non-hydrogen) atoms. The standard InChI is InChI=1S/C20H21NO2S/c1-17-10-14-20(15-11-17)24(22,23)21-16-6-5-9-19(21)13-12-18-7-3-2-4-8-18/h2-4,7-8,10-11,14-15,19H,5-6,9,16H2,1H3. The minimum Gasteiger partial charge on any atom is -0.207 e. The molecule has 0 spiro atoms. The summed E-state index contributed by atoms with van der Waals surface area (Å²) in [6.45, 7) is 2.48. The van der Waals surface area contributed by atoms with Gasteiger partial charge in [-0.1, -0.05) is 47.7 Å². The van der Waals surface area contributed by atoms with Crippen molar-refractivity contribution in [1.82, 2.24) is 4.31 Å². The van der Waals surface area contributed by atoms with E-state index in [1.54, 1.807) is 16.4 Å². The second-order valence-corrected chi connectivity index (χ2v) is 7.97. The molecule has 0 aliphatic carbocycles. The smallest absolute Gasteiger partial charge is 0.207 e. The highest BCUT2D eigenvalue weighted by Crippen LogP contribution is 2.25. The van der Waals surface area contributed by atoms with Crippen molar-refractivity contribution in [3.8, 4) is 11.8 Å². The monoisotopic (exact) mass is 339 g/mol. The van der Waals surface area contributed by atoms with Crippen LogP contribution in [0.5, 0.6) is 0 Å². The molecule has 0 aromatic heterocycles. The van der Waals surface area contributed by atoms with Gasteiger partial charge in [0.15, 0.2) is 0 Å². The quantitative estimate of drug-likeness (QED) is 0.784. The SMILES string of the molecule is Cc1ccc(S(=O)(=O)N2CCCCC2C#Cc2ccccc2)cc1. The third-order valence-corrected chi connectivity index (χ3v) is 6.16. The Labute approximate surface area is 144 Å². The van der Waals surface area contributed by atoms with Crippen molar-refractivity contribution in [2.45, 2.75) is 37.1 Å². The van der Waals surface area contributed by atoms with E-state index in [0.717, 1.165) is 30.4 Å². The molecule has 1 atom stereocenters. The zero-order chi connectivity index (χ0) is 17.0. The molecule has 0 saturated carbocycles. The van der Waals surface area contributed by atoms with Gasteiger partial charge in [0.25, 0.3) is 0 Å². The zero-order valence-corrected chi connectivity index (χ0v) is 14.6. The largest absolute Gasteiger partial charge is 0.244 e. The molecule has 0 N–H and O–H groups in total. The van der Waals surface area contributed by atoms with Crippen molar-refractivity contribution in [2.75, 3.05) is 6.54 Å². The second kappa shape index (κ2) is 7.21. The van der Waals surface area contributed by atoms with Gasteiger partial charge in [-0.15, -0.1) is 0 Å². The molecule has 1 fully saturated rings. The number of piperidine rings is 1. The molecule has 1 saturated heterocycles. The van der Waals surface area contributed by atoms with Gasteiger partial charge >= 0.3 is 0 Å². The summed E-state index contributed by atoms with van der Waals surface area (Å²) >= 11 is 0. The van der Waals surface area contributed by atoms with Crippen LogP contribution >= 0.6 is 0 Å². The summed E-state index contributed by atoms with van der Waals surface area (Å²) in [4.78, 5) is 0.349. The van der Waals surface area contributed by atoms with E-state index < -0.39 is 10.0 Å². The van der Waals surface area contributed by atoms with Crippen LogP contribution in [0.25, 0.3) is 0 Å². The molecule has 1 heterocycles. The number of rotatable bonds is 2. The van der Waals surface area contributed by atoms with Crippen LogP contribution in [0.3, 0.4) is 0 Å². The van der Waals surface area contributed by atoms with E-state index in [9.17, 15) is 8.42 Å². The number of nitrogens with zero attached hydrogens (tertiary/aromatic N) is 1. The molecule has 3 nitrogen and oxygen atoms in total. The minimum absolute atomic E-state index is 0.259. The predicted octanol–water partition coefficient (Wildman–Crippen LogP) is 3.59. The van der Waals surface area contributed by atoms with Gasteiger partial charge in [0.1, 0.15) is 0 Å². The van der Waals surface area contributed by atoms with Crippen LogP contribution in [0.1, 0.15) is 30.4 Å². The summed E-state index contributed by atoms with van der Waals surface area (Å²) in [6.07, 6.45) is 2.67. The van der Waals surface area contributed by atoms with E-state index in [1.165, 1.54) is 0 Å². The Morgan fingerprint density at radius 2 is 1.71 bits per heavy atom. The predicted molar refractivity (Wildman–Crippen MR) is 96.0 cm³/mol. The van der Waals surface area contributed by atoms with E-state index in [1.807, 2.05) is 49.4 Å². The summed E-state index contributed by atoms with van der Waals surface area (Å²) in [5.41, 5.74) is 1.96. The molecule has 3 rings (SSSR count). The maximum atomic E-state index is 13.0. The Bertz CT molecular complexity index is 846. The summed E-state index contributed by atoms with van der Waals surface area (Å²) in [5.74, 6) is 6.29. The third-order valence-electron chi connectivity index (χ3n) is 4.24. The lowest BCUT2D eigenvalue weighted by molar-refractivity contribution is 0.299. The first-order chi connectivity index (χ1) is 11.6. The lowest BCUT2D eigenvalue weighted by atomic mass is 10.1. The average molecular weight is 339 g/mol. The van der Waals surface area contributed by atoms with Crippen LogP contribution in [0.2, 0.25) is 0 Å². The molecule has 0 radical (unpaired) electrons. The van der Waals surface area contributed by atoms with Gasteiger partial charge in [-0.25, -0.2) is 8.42 Å². The normalized spacial score (nSPS) is 18.6. The molecule has 1 aliphatic rings. The molecular formula is C20H21NO2S. The van der Waals surface area contributed by atoms with Gasteiger partial charge in [-0.05, 0) is 50.5 Å². The lowest BCUT2D eigenvalue weighted by Gasteiger charge is -2.31. The maximum absolute atomic E-state index is 13.0. The van der Waals surface area contributed by atoms with Gasteiger partial charge in [0.05, 0.1) is 10.9 Å². The summed E-state index contributed by atoms with van der Waals surface area (Å²) in [5, 5.41) is 0. The zero-order valence-electron chi connectivity index (χ0n) is 13.8. The van der Waals surface area contributed by atoms with Crippen LogP contribution < -0.4 is 0 Å². The Balaban J connectivity index is 1.89. The molecule has 124 valence electrons. The van der Waals surface area contributed by atoms with Crippen molar-refractivity contribution in [3.05, 3.63) is 65.7 Å². The van der Waals surface area contributed by atoms with Gasteiger partial charge < -0.3 is 0 Å². The van der Waals surface area contributed by atoms with Crippen LogP contribution in [-0.4, -0.2) is 25.3 Å². The first-order valence-electron chi connectivity index (χ1n) is 8.22. The van der Waals surface area contributed by atoms with Gasteiger partial charge in [0, 0.05) is 12.1 Å². The van der Waals surface area contributed by atoms with Crippen molar-refractivity contribution < 1.29 is 8.42 Å². The Morgan fingerprint density at radius 3 is 2.42 bits per heavy atom. The van der Waals surface area contributed by atoms with Crippen LogP contribution in [0.4, 0.5) is 0 Å². The fraction of sp³-hybridized carbons (Fsp3) is 0.300.